The van der Waals surface area contributed by atoms with E-state index in [1.807, 2.05) is 39.0 Å². The molecule has 2 saturated carbocycles. The Morgan fingerprint density at radius 3 is 2.68 bits per heavy atom. The number of cyclic esters (lactones) is 1. The van der Waals surface area contributed by atoms with Crippen molar-refractivity contribution in [2.24, 2.45) is 29.6 Å². The van der Waals surface area contributed by atoms with Crippen LogP contribution < -0.4 is 0 Å². The summed E-state index contributed by atoms with van der Waals surface area (Å²) in [5.74, 6) is -2.29. The van der Waals surface area contributed by atoms with Crippen LogP contribution in [0.3, 0.4) is 0 Å². The van der Waals surface area contributed by atoms with Gasteiger partial charge in [0.25, 0.3) is 0 Å². The Morgan fingerprint density at radius 2 is 2.05 bits per heavy atom. The first-order valence-corrected chi connectivity index (χ1v) is 13.7. The zero-order valence-corrected chi connectivity index (χ0v) is 22.8. The van der Waals surface area contributed by atoms with E-state index in [0.29, 0.717) is 18.4 Å². The van der Waals surface area contributed by atoms with Gasteiger partial charge in [-0.25, -0.2) is 9.59 Å². The number of ether oxygens (including phenoxy) is 4. The topological polar surface area (TPSA) is 112 Å². The second kappa shape index (κ2) is 10.0. The molecule has 0 amide bonds. The number of allylic oxidation sites excluding steroid dienone is 3. The summed E-state index contributed by atoms with van der Waals surface area (Å²) in [5, 5.41) is 22.2. The monoisotopic (exact) mass is 528 g/mol. The van der Waals surface area contributed by atoms with Gasteiger partial charge in [-0.1, -0.05) is 50.3 Å². The standard InChI is InChI=1S/C30H40O8/c1-14-12-20-23-24(32)17(4)26(37-28(33)19-9-7-8-10-19)27(20)38-30(23)16(3)11-15(2)25(18(5)31)36-29(34)22(35-6)13-21(14)30/h7-9,11,15,17-18,20-27,31-32H,1,10,12-13H2,2-6H3/b16-11+/t15-,17-,18-,20-,21+,22+,23+,24-,25+,26-,27-,30+/m1/s1. The van der Waals surface area contributed by atoms with Crippen LogP contribution in [0.1, 0.15) is 47.0 Å². The average molecular weight is 529 g/mol. The molecular weight excluding hydrogens is 488 g/mol. The Bertz CT molecular complexity index is 1090. The maximum atomic E-state index is 13.2. The van der Waals surface area contributed by atoms with Crippen LogP contribution in [-0.4, -0.2) is 71.5 Å². The highest BCUT2D eigenvalue weighted by Gasteiger charge is 2.71. The predicted molar refractivity (Wildman–Crippen MR) is 139 cm³/mol. The number of esters is 2. The number of hydrogen-bond donors (Lipinski definition) is 2. The van der Waals surface area contributed by atoms with Crippen LogP contribution in [0.2, 0.25) is 0 Å². The van der Waals surface area contributed by atoms with E-state index in [9.17, 15) is 19.8 Å². The first-order valence-electron chi connectivity index (χ1n) is 13.7. The van der Waals surface area contributed by atoms with Crippen LogP contribution in [0.5, 0.6) is 0 Å². The fraction of sp³-hybridized carbons (Fsp3) is 0.667. The third kappa shape index (κ3) is 4.12. The summed E-state index contributed by atoms with van der Waals surface area (Å²) >= 11 is 0. The highest BCUT2D eigenvalue weighted by molar-refractivity contribution is 5.90. The second-order valence-electron chi connectivity index (χ2n) is 11.8. The molecule has 0 radical (unpaired) electrons. The number of carbonyl (C=O) groups is 2. The average Bonchev–Trinajstić information content (AvgIpc) is 3.47. The molecule has 208 valence electrons. The summed E-state index contributed by atoms with van der Waals surface area (Å²) < 4.78 is 24.4. The summed E-state index contributed by atoms with van der Waals surface area (Å²) in [5.41, 5.74) is 1.45. The maximum Gasteiger partial charge on any atom is 0.335 e. The summed E-state index contributed by atoms with van der Waals surface area (Å²) in [6.45, 7) is 11.8. The van der Waals surface area contributed by atoms with Gasteiger partial charge in [-0.3, -0.25) is 0 Å². The minimum atomic E-state index is -0.959. The maximum absolute atomic E-state index is 13.2. The molecule has 3 fully saturated rings. The number of rotatable bonds is 4. The van der Waals surface area contributed by atoms with Gasteiger partial charge in [0.2, 0.25) is 0 Å². The van der Waals surface area contributed by atoms with Crippen molar-refractivity contribution in [3.63, 3.8) is 0 Å². The van der Waals surface area contributed by atoms with Crippen molar-refractivity contribution in [1.29, 1.82) is 0 Å². The van der Waals surface area contributed by atoms with Crippen LogP contribution in [0.25, 0.3) is 0 Å². The summed E-state index contributed by atoms with van der Waals surface area (Å²) in [7, 11) is 1.47. The number of methoxy groups -OCH3 is 1. The van der Waals surface area contributed by atoms with E-state index >= 15 is 0 Å². The molecule has 2 aliphatic heterocycles. The van der Waals surface area contributed by atoms with Crippen molar-refractivity contribution in [2.75, 3.05) is 7.11 Å². The molecule has 38 heavy (non-hydrogen) atoms. The minimum Gasteiger partial charge on any atom is -0.457 e. The van der Waals surface area contributed by atoms with E-state index in [1.54, 1.807) is 13.0 Å². The zero-order valence-electron chi connectivity index (χ0n) is 22.8. The third-order valence-electron chi connectivity index (χ3n) is 9.62. The molecule has 0 unspecified atom stereocenters. The Balaban J connectivity index is 1.59. The third-order valence-corrected chi connectivity index (χ3v) is 9.62. The Morgan fingerprint density at radius 1 is 1.32 bits per heavy atom. The second-order valence-corrected chi connectivity index (χ2v) is 11.8. The molecule has 1 saturated heterocycles. The number of aliphatic hydroxyl groups is 2. The Labute approximate surface area is 224 Å². The molecule has 8 heteroatoms. The predicted octanol–water partition coefficient (Wildman–Crippen LogP) is 3.03. The normalized spacial score (nSPS) is 46.4. The van der Waals surface area contributed by atoms with Crippen LogP contribution in [-0.2, 0) is 28.5 Å². The zero-order chi connectivity index (χ0) is 27.5. The highest BCUT2D eigenvalue weighted by atomic mass is 16.6. The Kier molecular flexibility index (Phi) is 7.22. The quantitative estimate of drug-likeness (QED) is 0.423. The molecule has 12 atom stereocenters. The summed E-state index contributed by atoms with van der Waals surface area (Å²) in [6.07, 6.45) is 4.48. The molecule has 0 aromatic carbocycles. The van der Waals surface area contributed by atoms with Crippen LogP contribution in [0.15, 0.2) is 47.6 Å². The van der Waals surface area contributed by atoms with Crippen LogP contribution >= 0.6 is 0 Å². The van der Waals surface area contributed by atoms with Gasteiger partial charge in [-0.05, 0) is 38.7 Å². The van der Waals surface area contributed by atoms with Crippen molar-refractivity contribution in [3.05, 3.63) is 47.6 Å². The van der Waals surface area contributed by atoms with Crippen molar-refractivity contribution < 1.29 is 38.7 Å². The fourth-order valence-corrected chi connectivity index (χ4v) is 7.78. The smallest absolute Gasteiger partial charge is 0.335 e. The lowest BCUT2D eigenvalue weighted by Gasteiger charge is -2.52. The molecule has 5 aliphatic rings. The van der Waals surface area contributed by atoms with Crippen molar-refractivity contribution in [2.45, 2.75) is 89.2 Å². The lowest BCUT2D eigenvalue weighted by atomic mass is 9.53. The van der Waals surface area contributed by atoms with E-state index in [0.717, 1.165) is 11.1 Å². The molecule has 0 aromatic rings. The number of carbonyl (C=O) groups excluding carboxylic acids is 2. The van der Waals surface area contributed by atoms with Crippen LogP contribution in [0, 0.1) is 29.6 Å². The van der Waals surface area contributed by atoms with E-state index in [4.69, 9.17) is 18.9 Å². The van der Waals surface area contributed by atoms with E-state index < -0.39 is 48.2 Å². The van der Waals surface area contributed by atoms with Gasteiger partial charge in [0.1, 0.15) is 17.8 Å². The first-order chi connectivity index (χ1) is 18.0. The van der Waals surface area contributed by atoms with Gasteiger partial charge < -0.3 is 29.2 Å². The lowest BCUT2D eigenvalue weighted by Crippen LogP contribution is -2.59. The van der Waals surface area contributed by atoms with Crippen molar-refractivity contribution in [3.8, 4) is 0 Å². The molecule has 8 nitrogen and oxygen atoms in total. The van der Waals surface area contributed by atoms with Crippen molar-refractivity contribution in [1.82, 2.24) is 0 Å². The Hall–Kier alpha value is -2.26. The number of hydrogen-bond acceptors (Lipinski definition) is 8. The van der Waals surface area contributed by atoms with Gasteiger partial charge in [0, 0.05) is 42.3 Å². The molecule has 2 N–H and O–H groups in total. The van der Waals surface area contributed by atoms with Crippen LogP contribution in [0.4, 0.5) is 0 Å². The van der Waals surface area contributed by atoms with E-state index in [1.165, 1.54) is 7.11 Å². The molecule has 4 bridgehead atoms. The van der Waals surface area contributed by atoms with Crippen molar-refractivity contribution >= 4 is 11.9 Å². The molecule has 2 heterocycles. The van der Waals surface area contributed by atoms with Gasteiger partial charge in [0.05, 0.1) is 18.3 Å². The molecule has 5 rings (SSSR count). The van der Waals surface area contributed by atoms with E-state index in [-0.39, 0.29) is 42.0 Å². The van der Waals surface area contributed by atoms with E-state index in [2.05, 4.69) is 6.58 Å². The first kappa shape index (κ1) is 27.3. The molecule has 0 aromatic heterocycles. The summed E-state index contributed by atoms with van der Waals surface area (Å²) in [4.78, 5) is 26.2. The van der Waals surface area contributed by atoms with Gasteiger partial charge in [0.15, 0.2) is 6.10 Å². The SMILES string of the molecule is C=C1C[C@H]2[C@H]3O[C@]4(/C(C)=C/[C@@H](C)[C@@H]([C@@H](C)O)OC(=O)[C@@H](OC)C[C@@H]14)[C@@H]2[C@H](O)[C@@H](C)[C@H]3OC(=O)C1=CC=CC1. The highest BCUT2D eigenvalue weighted by Crippen LogP contribution is 2.64. The molecular formula is C30H40O8. The summed E-state index contributed by atoms with van der Waals surface area (Å²) in [6, 6.07) is 0. The molecule has 1 spiro atoms. The number of aliphatic hydroxyl groups excluding tert-OH is 2. The van der Waals surface area contributed by atoms with Gasteiger partial charge in [-0.2, -0.15) is 0 Å². The lowest BCUT2D eigenvalue weighted by molar-refractivity contribution is -0.173. The van der Waals surface area contributed by atoms with Gasteiger partial charge in [-0.15, -0.1) is 0 Å². The largest absolute Gasteiger partial charge is 0.457 e. The van der Waals surface area contributed by atoms with Gasteiger partial charge >= 0.3 is 11.9 Å². The minimum absolute atomic E-state index is 0.0967. The molecule has 3 aliphatic carbocycles. The fourth-order valence-electron chi connectivity index (χ4n) is 7.78.